The molecule has 0 aliphatic heterocycles. The molecule has 0 saturated heterocycles. The van der Waals surface area contributed by atoms with Crippen LogP contribution in [0.3, 0.4) is 0 Å². The average Bonchev–Trinajstić information content (AvgIpc) is 3.17. The first-order valence-corrected chi connectivity index (χ1v) is 8.13. The number of hydrogen-bond acceptors (Lipinski definition) is 7. The average molecular weight is 305 g/mol. The molecule has 3 rings (SSSR count). The van der Waals surface area contributed by atoms with Crippen molar-refractivity contribution in [1.29, 1.82) is 0 Å². The molecule has 2 aromatic rings. The van der Waals surface area contributed by atoms with E-state index in [1.807, 2.05) is 24.7 Å². The third kappa shape index (κ3) is 3.15. The van der Waals surface area contributed by atoms with Crippen LogP contribution in [0.4, 0.5) is 5.82 Å². The lowest BCUT2D eigenvalue weighted by Crippen LogP contribution is -2.08. The van der Waals surface area contributed by atoms with E-state index >= 15 is 0 Å². The van der Waals surface area contributed by atoms with Crippen LogP contribution in [-0.4, -0.2) is 37.2 Å². The minimum absolute atomic E-state index is 0.429. The van der Waals surface area contributed by atoms with Gasteiger partial charge in [0.25, 0.3) is 0 Å². The maximum Gasteiger partial charge on any atom is 0.215 e. The molecule has 2 heterocycles. The Bertz CT molecular complexity index is 584. The van der Waals surface area contributed by atoms with Gasteiger partial charge in [0.15, 0.2) is 0 Å². The molecular weight excluding hydrogens is 286 g/mol. The van der Waals surface area contributed by atoms with Crippen molar-refractivity contribution in [1.82, 2.24) is 30.2 Å². The molecule has 0 bridgehead atoms. The number of anilines is 1. The van der Waals surface area contributed by atoms with Crippen LogP contribution in [-0.2, 0) is 6.42 Å². The van der Waals surface area contributed by atoms with Gasteiger partial charge in [0.1, 0.15) is 16.7 Å². The van der Waals surface area contributed by atoms with Gasteiger partial charge in [-0.05, 0) is 35.0 Å². The van der Waals surface area contributed by atoms with Crippen LogP contribution in [0, 0.1) is 0 Å². The Hall–Kier alpha value is -1.70. The first kappa shape index (κ1) is 14.2. The van der Waals surface area contributed by atoms with Gasteiger partial charge in [-0.15, -0.1) is 5.10 Å². The number of aromatic nitrogens is 6. The van der Waals surface area contributed by atoms with Crippen LogP contribution in [0.2, 0.25) is 0 Å². The summed E-state index contributed by atoms with van der Waals surface area (Å²) in [5.74, 6) is 1.65. The molecule has 0 aromatic carbocycles. The molecule has 0 spiro atoms. The van der Waals surface area contributed by atoms with E-state index in [2.05, 4.69) is 30.8 Å². The number of tetrazole rings is 1. The fourth-order valence-corrected chi connectivity index (χ4v) is 3.40. The molecule has 8 heteroatoms. The van der Waals surface area contributed by atoms with Crippen molar-refractivity contribution >= 4 is 17.6 Å². The largest absolute Gasteiger partial charge is 0.373 e. The number of hydrogen-bond donors (Lipinski definition) is 1. The number of rotatable bonds is 5. The highest BCUT2D eigenvalue weighted by Gasteiger charge is 2.22. The summed E-state index contributed by atoms with van der Waals surface area (Å²) in [6.45, 7) is 2.05. The van der Waals surface area contributed by atoms with Gasteiger partial charge < -0.3 is 5.32 Å². The van der Waals surface area contributed by atoms with Gasteiger partial charge >= 0.3 is 0 Å². The molecule has 1 N–H and O–H groups in total. The van der Waals surface area contributed by atoms with Gasteiger partial charge in [0.2, 0.25) is 5.16 Å². The molecule has 0 radical (unpaired) electrons. The van der Waals surface area contributed by atoms with Crippen molar-refractivity contribution in [3.63, 3.8) is 0 Å². The van der Waals surface area contributed by atoms with Crippen LogP contribution in [0.1, 0.15) is 44.5 Å². The van der Waals surface area contributed by atoms with Crippen LogP contribution < -0.4 is 5.32 Å². The van der Waals surface area contributed by atoms with E-state index in [0.29, 0.717) is 6.04 Å². The van der Waals surface area contributed by atoms with Gasteiger partial charge in [-0.3, -0.25) is 0 Å². The second-order valence-corrected chi connectivity index (χ2v) is 6.05. The summed E-state index contributed by atoms with van der Waals surface area (Å²) >= 11 is 1.50. The maximum atomic E-state index is 4.55. The van der Waals surface area contributed by atoms with E-state index in [-0.39, 0.29) is 0 Å². The molecule has 1 saturated carbocycles. The SMILES string of the molecule is CCc1nc(NC)cc(Sc2nnnn2C2CCCC2)n1. The molecule has 0 amide bonds. The molecule has 0 atom stereocenters. The Morgan fingerprint density at radius 1 is 1.33 bits per heavy atom. The van der Waals surface area contributed by atoms with Crippen molar-refractivity contribution in [2.45, 2.75) is 55.3 Å². The van der Waals surface area contributed by atoms with E-state index < -0.39 is 0 Å². The Morgan fingerprint density at radius 2 is 2.14 bits per heavy atom. The topological polar surface area (TPSA) is 81.4 Å². The highest BCUT2D eigenvalue weighted by molar-refractivity contribution is 7.99. The molecule has 1 fully saturated rings. The van der Waals surface area contributed by atoms with Crippen molar-refractivity contribution in [2.24, 2.45) is 0 Å². The van der Waals surface area contributed by atoms with Crippen LogP contribution in [0.25, 0.3) is 0 Å². The minimum atomic E-state index is 0.429. The van der Waals surface area contributed by atoms with E-state index in [0.717, 1.165) is 41.1 Å². The standard InChI is InChI=1S/C13H19N7S/c1-3-10-15-11(14-2)8-12(16-10)21-13-17-18-19-20(13)9-6-4-5-7-9/h8-9H,3-7H2,1-2H3,(H,14,15,16). The lowest BCUT2D eigenvalue weighted by atomic mass is 10.3. The summed E-state index contributed by atoms with van der Waals surface area (Å²) in [4.78, 5) is 8.95. The zero-order valence-corrected chi connectivity index (χ0v) is 13.1. The van der Waals surface area contributed by atoms with E-state index in [1.165, 1.54) is 24.6 Å². The number of nitrogens with one attached hydrogen (secondary N) is 1. The third-order valence-corrected chi connectivity index (χ3v) is 4.52. The molecule has 2 aromatic heterocycles. The maximum absolute atomic E-state index is 4.55. The van der Waals surface area contributed by atoms with Crippen LogP contribution >= 0.6 is 11.8 Å². The second kappa shape index (κ2) is 6.38. The highest BCUT2D eigenvalue weighted by Crippen LogP contribution is 2.33. The normalized spacial score (nSPS) is 15.5. The van der Waals surface area contributed by atoms with E-state index in [9.17, 15) is 0 Å². The van der Waals surface area contributed by atoms with Crippen molar-refractivity contribution in [3.05, 3.63) is 11.9 Å². The lowest BCUT2D eigenvalue weighted by molar-refractivity contribution is 0.423. The van der Waals surface area contributed by atoms with Gasteiger partial charge in [-0.1, -0.05) is 19.8 Å². The molecular formula is C13H19N7S. The van der Waals surface area contributed by atoms with Gasteiger partial charge in [0.05, 0.1) is 6.04 Å². The molecule has 1 aliphatic carbocycles. The predicted molar refractivity (Wildman–Crippen MR) is 80.4 cm³/mol. The fourth-order valence-electron chi connectivity index (χ4n) is 2.54. The minimum Gasteiger partial charge on any atom is -0.373 e. The summed E-state index contributed by atoms with van der Waals surface area (Å²) in [5.41, 5.74) is 0. The Balaban J connectivity index is 1.85. The Morgan fingerprint density at radius 3 is 2.86 bits per heavy atom. The van der Waals surface area contributed by atoms with Gasteiger partial charge in [-0.25, -0.2) is 14.6 Å². The quantitative estimate of drug-likeness (QED) is 0.849. The van der Waals surface area contributed by atoms with Crippen LogP contribution in [0.5, 0.6) is 0 Å². The van der Waals surface area contributed by atoms with E-state index in [4.69, 9.17) is 0 Å². The smallest absolute Gasteiger partial charge is 0.215 e. The third-order valence-electron chi connectivity index (χ3n) is 3.65. The summed E-state index contributed by atoms with van der Waals surface area (Å²) in [7, 11) is 1.86. The highest BCUT2D eigenvalue weighted by atomic mass is 32.2. The zero-order valence-electron chi connectivity index (χ0n) is 12.3. The Labute approximate surface area is 127 Å². The summed E-state index contributed by atoms with van der Waals surface area (Å²) < 4.78 is 1.95. The van der Waals surface area contributed by atoms with Crippen molar-refractivity contribution in [3.8, 4) is 0 Å². The molecule has 21 heavy (non-hydrogen) atoms. The molecule has 0 unspecified atom stereocenters. The molecule has 7 nitrogen and oxygen atoms in total. The van der Waals surface area contributed by atoms with Gasteiger partial charge in [-0.2, -0.15) is 0 Å². The predicted octanol–water partition coefficient (Wildman–Crippen LogP) is 2.33. The lowest BCUT2D eigenvalue weighted by Gasteiger charge is -2.11. The van der Waals surface area contributed by atoms with E-state index in [1.54, 1.807) is 0 Å². The van der Waals surface area contributed by atoms with Gasteiger partial charge in [0, 0.05) is 19.5 Å². The summed E-state index contributed by atoms with van der Waals surface area (Å²) in [6, 6.07) is 2.36. The first-order valence-electron chi connectivity index (χ1n) is 7.31. The number of aryl methyl sites for hydroxylation is 1. The van der Waals surface area contributed by atoms with Crippen molar-refractivity contribution < 1.29 is 0 Å². The summed E-state index contributed by atoms with van der Waals surface area (Å²) in [6.07, 6.45) is 5.63. The molecule has 112 valence electrons. The summed E-state index contributed by atoms with van der Waals surface area (Å²) in [5, 5.41) is 16.9. The number of nitrogens with zero attached hydrogens (tertiary/aromatic N) is 6. The van der Waals surface area contributed by atoms with Crippen molar-refractivity contribution in [2.75, 3.05) is 12.4 Å². The Kier molecular flexibility index (Phi) is 4.33. The molecule has 1 aliphatic rings. The monoisotopic (exact) mass is 305 g/mol. The zero-order chi connectivity index (χ0) is 14.7. The second-order valence-electron chi connectivity index (χ2n) is 5.06. The van der Waals surface area contributed by atoms with Crippen LogP contribution in [0.15, 0.2) is 16.2 Å². The first-order chi connectivity index (χ1) is 10.3. The fraction of sp³-hybridized carbons (Fsp3) is 0.615.